The highest BCUT2D eigenvalue weighted by Gasteiger charge is 2.13. The predicted molar refractivity (Wildman–Crippen MR) is 137 cm³/mol. The van der Waals surface area contributed by atoms with Crippen LogP contribution in [-0.2, 0) is 6.54 Å². The van der Waals surface area contributed by atoms with Gasteiger partial charge < -0.3 is 20.1 Å². The Labute approximate surface area is 206 Å². The summed E-state index contributed by atoms with van der Waals surface area (Å²) >= 11 is 0. The number of nitrogens with zero attached hydrogens (tertiary/aromatic N) is 4. The molecule has 8 nitrogen and oxygen atoms in total. The zero-order valence-corrected chi connectivity index (χ0v) is 21.2. The molecule has 3 aromatic rings. The van der Waals surface area contributed by atoms with Crippen LogP contribution in [0.2, 0.25) is 0 Å². The molecule has 0 saturated carbocycles. The van der Waals surface area contributed by atoms with E-state index in [1.54, 1.807) is 13.4 Å². The third-order valence-corrected chi connectivity index (χ3v) is 4.71. The summed E-state index contributed by atoms with van der Waals surface area (Å²) in [6.07, 6.45) is 1.71. The topological polar surface area (TPSA) is 85.6 Å². The van der Waals surface area contributed by atoms with Crippen LogP contribution in [-0.4, -0.2) is 41.0 Å². The van der Waals surface area contributed by atoms with Gasteiger partial charge in [-0.05, 0) is 50.6 Å². The number of aromatic nitrogens is 3. The molecule has 0 amide bonds. The second-order valence-electron chi connectivity index (χ2n) is 6.82. The molecule has 0 spiro atoms. The van der Waals surface area contributed by atoms with Crippen LogP contribution < -0.4 is 20.1 Å². The van der Waals surface area contributed by atoms with E-state index in [-0.39, 0.29) is 30.0 Å². The quantitative estimate of drug-likeness (QED) is 0.237. The van der Waals surface area contributed by atoms with Crippen LogP contribution in [0.4, 0.5) is 0 Å². The number of halogens is 1. The number of guanidine groups is 1. The van der Waals surface area contributed by atoms with Crippen molar-refractivity contribution >= 4 is 29.9 Å². The number of para-hydroxylation sites is 1. The van der Waals surface area contributed by atoms with Crippen molar-refractivity contribution in [1.82, 2.24) is 25.4 Å². The molecule has 0 aliphatic heterocycles. The molecule has 2 N–H and O–H groups in total. The lowest BCUT2D eigenvalue weighted by Gasteiger charge is -2.20. The van der Waals surface area contributed by atoms with E-state index >= 15 is 0 Å². The first kappa shape index (κ1) is 25.4. The average Bonchev–Trinajstić information content (AvgIpc) is 3.27. The molecule has 1 heterocycles. The van der Waals surface area contributed by atoms with Gasteiger partial charge in [-0.2, -0.15) is 0 Å². The third kappa shape index (κ3) is 6.59. The van der Waals surface area contributed by atoms with Crippen LogP contribution in [0.15, 0.2) is 59.9 Å². The van der Waals surface area contributed by atoms with Gasteiger partial charge in [0.25, 0.3) is 0 Å². The highest BCUT2D eigenvalue weighted by atomic mass is 127. The van der Waals surface area contributed by atoms with E-state index in [4.69, 9.17) is 9.47 Å². The Morgan fingerprint density at radius 1 is 1.06 bits per heavy atom. The summed E-state index contributed by atoms with van der Waals surface area (Å²) in [6, 6.07) is 16.0. The van der Waals surface area contributed by atoms with Crippen molar-refractivity contribution in [2.24, 2.45) is 4.99 Å². The largest absolute Gasteiger partial charge is 0.490 e. The second-order valence-corrected chi connectivity index (χ2v) is 6.82. The normalized spacial score (nSPS) is 11.9. The van der Waals surface area contributed by atoms with Crippen molar-refractivity contribution < 1.29 is 9.47 Å². The van der Waals surface area contributed by atoms with Crippen molar-refractivity contribution in [3.8, 4) is 17.2 Å². The maximum Gasteiger partial charge on any atom is 0.191 e. The van der Waals surface area contributed by atoms with Gasteiger partial charge in [-0.15, -0.1) is 34.2 Å². The summed E-state index contributed by atoms with van der Waals surface area (Å²) in [4.78, 5) is 4.34. The van der Waals surface area contributed by atoms with Gasteiger partial charge in [0.1, 0.15) is 6.33 Å². The van der Waals surface area contributed by atoms with E-state index in [9.17, 15) is 0 Å². The van der Waals surface area contributed by atoms with Gasteiger partial charge in [0.05, 0.1) is 25.8 Å². The Balaban J connectivity index is 0.00000363. The fourth-order valence-electron chi connectivity index (χ4n) is 3.17. The summed E-state index contributed by atoms with van der Waals surface area (Å²) in [6.45, 7) is 7.65. The van der Waals surface area contributed by atoms with Gasteiger partial charge in [0, 0.05) is 12.7 Å². The second kappa shape index (κ2) is 12.9. The van der Waals surface area contributed by atoms with E-state index in [0.717, 1.165) is 28.6 Å². The molecule has 9 heteroatoms. The lowest BCUT2D eigenvalue weighted by atomic mass is 10.1. The molecule has 0 aliphatic rings. The number of hydrogen-bond donors (Lipinski definition) is 2. The van der Waals surface area contributed by atoms with Crippen LogP contribution in [0.3, 0.4) is 0 Å². The molecule has 3 rings (SSSR count). The molecule has 0 aliphatic carbocycles. The molecule has 0 radical (unpaired) electrons. The number of nitrogens with one attached hydrogen (secondary N) is 2. The van der Waals surface area contributed by atoms with Crippen LogP contribution in [0.1, 0.15) is 38.2 Å². The molecular formula is C23H31IN6O2. The zero-order chi connectivity index (χ0) is 22.1. The van der Waals surface area contributed by atoms with Crippen LogP contribution in [0.25, 0.3) is 5.69 Å². The van der Waals surface area contributed by atoms with E-state index in [1.807, 2.05) is 66.9 Å². The summed E-state index contributed by atoms with van der Waals surface area (Å²) in [5.41, 5.74) is 2.08. The summed E-state index contributed by atoms with van der Waals surface area (Å²) in [5, 5.41) is 15.0. The molecule has 1 atom stereocenters. The fraction of sp³-hybridized carbons (Fsp3) is 0.348. The highest BCUT2D eigenvalue weighted by Crippen LogP contribution is 2.30. The van der Waals surface area contributed by atoms with Crippen molar-refractivity contribution in [2.75, 3.05) is 20.3 Å². The third-order valence-electron chi connectivity index (χ3n) is 4.71. The van der Waals surface area contributed by atoms with E-state index in [0.29, 0.717) is 25.7 Å². The molecule has 0 bridgehead atoms. The van der Waals surface area contributed by atoms with Crippen molar-refractivity contribution in [2.45, 2.75) is 33.4 Å². The zero-order valence-electron chi connectivity index (χ0n) is 18.9. The summed E-state index contributed by atoms with van der Waals surface area (Å²) in [7, 11) is 1.74. The maximum atomic E-state index is 5.75. The maximum absolute atomic E-state index is 5.75. The first-order valence-electron chi connectivity index (χ1n) is 10.5. The lowest BCUT2D eigenvalue weighted by molar-refractivity contribution is 0.287. The summed E-state index contributed by atoms with van der Waals surface area (Å²) < 4.78 is 13.4. The predicted octanol–water partition coefficient (Wildman–Crippen LogP) is 4.11. The molecule has 0 saturated heterocycles. The molecule has 172 valence electrons. The SMILES string of the molecule is CCOc1ccc(C(C)NC(=NC)NCc2nncn2-c2ccccc2)cc1OCC.I. The average molecular weight is 550 g/mol. The molecule has 2 aromatic carbocycles. The van der Waals surface area contributed by atoms with Gasteiger partial charge in [-0.1, -0.05) is 24.3 Å². The highest BCUT2D eigenvalue weighted by molar-refractivity contribution is 14.0. The smallest absolute Gasteiger partial charge is 0.191 e. The lowest BCUT2D eigenvalue weighted by Crippen LogP contribution is -2.38. The number of benzene rings is 2. The van der Waals surface area contributed by atoms with E-state index in [2.05, 4.69) is 32.7 Å². The van der Waals surface area contributed by atoms with Crippen molar-refractivity contribution in [1.29, 1.82) is 0 Å². The molecule has 1 aromatic heterocycles. The van der Waals surface area contributed by atoms with Crippen LogP contribution in [0.5, 0.6) is 11.5 Å². The Morgan fingerprint density at radius 2 is 1.78 bits per heavy atom. The molecular weight excluding hydrogens is 519 g/mol. The fourth-order valence-corrected chi connectivity index (χ4v) is 3.17. The Hall–Kier alpha value is -2.82. The first-order chi connectivity index (χ1) is 15.2. The van der Waals surface area contributed by atoms with E-state index in [1.165, 1.54) is 0 Å². The van der Waals surface area contributed by atoms with Crippen molar-refractivity contribution in [3.63, 3.8) is 0 Å². The molecule has 1 unspecified atom stereocenters. The molecule has 32 heavy (non-hydrogen) atoms. The minimum Gasteiger partial charge on any atom is -0.490 e. The van der Waals surface area contributed by atoms with Crippen LogP contribution >= 0.6 is 24.0 Å². The minimum atomic E-state index is 0. The number of ether oxygens (including phenoxy) is 2. The minimum absolute atomic E-state index is 0. The van der Waals surface area contributed by atoms with Gasteiger partial charge >= 0.3 is 0 Å². The Bertz CT molecular complexity index is 993. The monoisotopic (exact) mass is 550 g/mol. The number of aliphatic imine (C=N–C) groups is 1. The van der Waals surface area contributed by atoms with Gasteiger partial charge in [-0.3, -0.25) is 9.56 Å². The molecule has 0 fully saturated rings. The van der Waals surface area contributed by atoms with Gasteiger partial charge in [-0.25, -0.2) is 0 Å². The Kier molecular flexibility index (Phi) is 10.3. The van der Waals surface area contributed by atoms with Crippen molar-refractivity contribution in [3.05, 3.63) is 66.2 Å². The van der Waals surface area contributed by atoms with Crippen LogP contribution in [0, 0.1) is 0 Å². The standard InChI is InChI=1S/C23H30N6O2.HI/c1-5-30-20-13-12-18(14-21(20)31-6-2)17(3)27-23(24-4)25-15-22-28-26-16-29(22)19-10-8-7-9-11-19;/h7-14,16-17H,5-6,15H2,1-4H3,(H2,24,25,27);1H. The van der Waals surface area contributed by atoms with Gasteiger partial charge in [0.2, 0.25) is 0 Å². The first-order valence-corrected chi connectivity index (χ1v) is 10.5. The van der Waals surface area contributed by atoms with Gasteiger partial charge in [0.15, 0.2) is 23.3 Å². The number of hydrogen-bond acceptors (Lipinski definition) is 5. The number of rotatable bonds is 9. The Morgan fingerprint density at radius 3 is 2.47 bits per heavy atom. The summed E-state index contributed by atoms with van der Waals surface area (Å²) in [5.74, 6) is 2.96. The van der Waals surface area contributed by atoms with E-state index < -0.39 is 0 Å².